The summed E-state index contributed by atoms with van der Waals surface area (Å²) >= 11 is 5.75. The van der Waals surface area contributed by atoms with Gasteiger partial charge in [-0.2, -0.15) is 4.98 Å². The molecule has 0 amide bonds. The zero-order valence-electron chi connectivity index (χ0n) is 9.34. The minimum absolute atomic E-state index is 0.0128. The van der Waals surface area contributed by atoms with Crippen molar-refractivity contribution in [3.63, 3.8) is 0 Å². The highest BCUT2D eigenvalue weighted by molar-refractivity contribution is 6.28. The lowest BCUT2D eigenvalue weighted by molar-refractivity contribution is 0.510. The second-order valence-electron chi connectivity index (χ2n) is 3.61. The molecule has 6 heteroatoms. The molecule has 0 aliphatic heterocycles. The molecule has 1 heterocycles. The summed E-state index contributed by atoms with van der Waals surface area (Å²) in [5.41, 5.74) is 0.291. The fourth-order valence-corrected chi connectivity index (χ4v) is 1.69. The highest BCUT2D eigenvalue weighted by Crippen LogP contribution is 2.26. The number of rotatable bonds is 2. The number of hydrogen-bond acceptors (Lipinski definition) is 3. The number of fused-ring (bicyclic) bond motifs is 1. The van der Waals surface area contributed by atoms with Crippen molar-refractivity contribution in [2.45, 2.75) is 6.92 Å². The zero-order chi connectivity index (χ0) is 12.6. The molecule has 0 unspecified atom stereocenters. The van der Waals surface area contributed by atoms with Gasteiger partial charge in [0.1, 0.15) is 5.82 Å². The van der Waals surface area contributed by atoms with Gasteiger partial charge in [-0.05, 0) is 24.6 Å². The van der Waals surface area contributed by atoms with Gasteiger partial charge in [0.05, 0.1) is 5.52 Å². The van der Waals surface area contributed by atoms with Crippen molar-refractivity contribution in [2.75, 3.05) is 18.5 Å². The Bertz CT molecular complexity index is 574. The summed E-state index contributed by atoms with van der Waals surface area (Å²) < 4.78 is 26.3. The Morgan fingerprint density at radius 3 is 2.53 bits per heavy atom. The van der Waals surface area contributed by atoms with Crippen molar-refractivity contribution in [2.24, 2.45) is 0 Å². The van der Waals surface area contributed by atoms with Crippen LogP contribution in [0.4, 0.5) is 14.6 Å². The van der Waals surface area contributed by atoms with E-state index in [1.165, 1.54) is 0 Å². The van der Waals surface area contributed by atoms with Gasteiger partial charge in [-0.1, -0.05) is 0 Å². The zero-order valence-corrected chi connectivity index (χ0v) is 10.1. The Morgan fingerprint density at radius 1 is 1.24 bits per heavy atom. The van der Waals surface area contributed by atoms with Gasteiger partial charge in [0, 0.05) is 25.0 Å². The van der Waals surface area contributed by atoms with E-state index in [0.29, 0.717) is 23.3 Å². The fourth-order valence-electron chi connectivity index (χ4n) is 1.52. The Morgan fingerprint density at radius 2 is 1.88 bits per heavy atom. The summed E-state index contributed by atoms with van der Waals surface area (Å²) in [5, 5.41) is 0.455. The molecule has 1 aromatic carbocycles. The maximum atomic E-state index is 13.2. The predicted octanol–water partition coefficient (Wildman–Crippen LogP) is 3.02. The molecule has 90 valence electrons. The number of halogens is 3. The Labute approximate surface area is 102 Å². The Hall–Kier alpha value is -1.49. The molecule has 0 spiro atoms. The van der Waals surface area contributed by atoms with Crippen LogP contribution in [0.25, 0.3) is 10.9 Å². The average molecular weight is 258 g/mol. The van der Waals surface area contributed by atoms with Gasteiger partial charge in [0.25, 0.3) is 0 Å². The normalized spacial score (nSPS) is 10.9. The van der Waals surface area contributed by atoms with Gasteiger partial charge in [0.2, 0.25) is 5.28 Å². The largest absolute Gasteiger partial charge is 0.359 e. The molecule has 0 atom stereocenters. The van der Waals surface area contributed by atoms with Gasteiger partial charge in [-0.3, -0.25) is 0 Å². The maximum absolute atomic E-state index is 13.2. The predicted molar refractivity (Wildman–Crippen MR) is 63.4 cm³/mol. The van der Waals surface area contributed by atoms with Crippen LogP contribution in [-0.4, -0.2) is 23.6 Å². The minimum atomic E-state index is -0.947. The first-order valence-corrected chi connectivity index (χ1v) is 5.44. The van der Waals surface area contributed by atoms with Crippen LogP contribution in [0.5, 0.6) is 0 Å². The monoisotopic (exact) mass is 257 g/mol. The number of aromatic nitrogens is 2. The van der Waals surface area contributed by atoms with Gasteiger partial charge in [-0.15, -0.1) is 0 Å². The number of hydrogen-bond donors (Lipinski definition) is 0. The summed E-state index contributed by atoms with van der Waals surface area (Å²) in [4.78, 5) is 9.69. The smallest absolute Gasteiger partial charge is 0.224 e. The van der Waals surface area contributed by atoms with Crippen molar-refractivity contribution >= 4 is 28.3 Å². The van der Waals surface area contributed by atoms with Crippen LogP contribution in [-0.2, 0) is 0 Å². The van der Waals surface area contributed by atoms with Crippen LogP contribution in [0, 0.1) is 11.6 Å². The van der Waals surface area contributed by atoms with Crippen molar-refractivity contribution < 1.29 is 8.78 Å². The average Bonchev–Trinajstić information content (AvgIpc) is 2.29. The molecule has 0 saturated carbocycles. The molecule has 0 N–H and O–H groups in total. The Balaban J connectivity index is 2.78. The second-order valence-corrected chi connectivity index (χ2v) is 3.95. The van der Waals surface area contributed by atoms with E-state index in [1.54, 1.807) is 11.9 Å². The summed E-state index contributed by atoms with van der Waals surface area (Å²) in [6.07, 6.45) is 0. The first kappa shape index (κ1) is 12.0. The standard InChI is InChI=1S/C11H10ClF2N3/c1-3-17(2)10-6-4-7(13)8(14)5-9(6)15-11(12)16-10/h4-5H,3H2,1-2H3. The highest BCUT2D eigenvalue weighted by Gasteiger charge is 2.13. The number of benzene rings is 1. The highest BCUT2D eigenvalue weighted by atomic mass is 35.5. The lowest BCUT2D eigenvalue weighted by Crippen LogP contribution is -2.18. The molecule has 1 aromatic heterocycles. The molecule has 0 bridgehead atoms. The molecular formula is C11H10ClF2N3. The van der Waals surface area contributed by atoms with E-state index in [2.05, 4.69) is 9.97 Å². The molecule has 0 aliphatic rings. The van der Waals surface area contributed by atoms with Crippen LogP contribution < -0.4 is 4.90 Å². The van der Waals surface area contributed by atoms with E-state index >= 15 is 0 Å². The maximum Gasteiger partial charge on any atom is 0.224 e. The molecular weight excluding hydrogens is 248 g/mol. The van der Waals surface area contributed by atoms with Crippen molar-refractivity contribution in [1.82, 2.24) is 9.97 Å². The topological polar surface area (TPSA) is 29.0 Å². The molecule has 2 aromatic rings. The third kappa shape index (κ3) is 2.15. The van der Waals surface area contributed by atoms with Gasteiger partial charge in [-0.25, -0.2) is 13.8 Å². The van der Waals surface area contributed by atoms with Crippen LogP contribution in [0.2, 0.25) is 5.28 Å². The van der Waals surface area contributed by atoms with E-state index in [1.807, 2.05) is 6.92 Å². The van der Waals surface area contributed by atoms with E-state index in [4.69, 9.17) is 11.6 Å². The molecule has 17 heavy (non-hydrogen) atoms. The third-order valence-electron chi connectivity index (χ3n) is 2.53. The molecule has 0 radical (unpaired) electrons. The molecule has 0 fully saturated rings. The first-order chi connectivity index (χ1) is 8.02. The molecule has 3 nitrogen and oxygen atoms in total. The van der Waals surface area contributed by atoms with Crippen LogP contribution in [0.15, 0.2) is 12.1 Å². The summed E-state index contributed by atoms with van der Waals surface area (Å²) in [7, 11) is 1.79. The van der Waals surface area contributed by atoms with Crippen LogP contribution in [0.3, 0.4) is 0 Å². The van der Waals surface area contributed by atoms with Crippen LogP contribution >= 0.6 is 11.6 Å². The van der Waals surface area contributed by atoms with Crippen molar-refractivity contribution in [3.05, 3.63) is 29.1 Å². The second kappa shape index (κ2) is 4.41. The third-order valence-corrected chi connectivity index (χ3v) is 2.70. The van der Waals surface area contributed by atoms with E-state index in [9.17, 15) is 8.78 Å². The Kier molecular flexibility index (Phi) is 3.11. The van der Waals surface area contributed by atoms with Gasteiger partial charge < -0.3 is 4.90 Å². The summed E-state index contributed by atoms with van der Waals surface area (Å²) in [6.45, 7) is 2.59. The summed E-state index contributed by atoms with van der Waals surface area (Å²) in [5.74, 6) is -1.38. The molecule has 0 saturated heterocycles. The lowest BCUT2D eigenvalue weighted by atomic mass is 10.2. The van der Waals surface area contributed by atoms with E-state index in [-0.39, 0.29) is 5.28 Å². The van der Waals surface area contributed by atoms with Crippen molar-refractivity contribution in [1.29, 1.82) is 0 Å². The summed E-state index contributed by atoms with van der Waals surface area (Å²) in [6, 6.07) is 2.10. The van der Waals surface area contributed by atoms with E-state index in [0.717, 1.165) is 12.1 Å². The van der Waals surface area contributed by atoms with E-state index < -0.39 is 11.6 Å². The fraction of sp³-hybridized carbons (Fsp3) is 0.273. The van der Waals surface area contributed by atoms with Gasteiger partial charge in [0.15, 0.2) is 11.6 Å². The van der Waals surface area contributed by atoms with Gasteiger partial charge >= 0.3 is 0 Å². The van der Waals surface area contributed by atoms with Crippen molar-refractivity contribution in [3.8, 4) is 0 Å². The number of anilines is 1. The number of nitrogens with zero attached hydrogens (tertiary/aromatic N) is 3. The molecule has 2 rings (SSSR count). The van der Waals surface area contributed by atoms with Crippen LogP contribution in [0.1, 0.15) is 6.92 Å². The lowest BCUT2D eigenvalue weighted by Gasteiger charge is -2.17. The quantitative estimate of drug-likeness (QED) is 0.775. The molecule has 0 aliphatic carbocycles. The minimum Gasteiger partial charge on any atom is -0.359 e. The first-order valence-electron chi connectivity index (χ1n) is 5.06. The SMILES string of the molecule is CCN(C)c1nc(Cl)nc2cc(F)c(F)cc12.